The molecule has 0 bridgehead atoms. The summed E-state index contributed by atoms with van der Waals surface area (Å²) in [4.78, 5) is 35.9. The zero-order valence-electron chi connectivity index (χ0n) is 26.6. The molecule has 1 aliphatic heterocycles. The fourth-order valence-corrected chi connectivity index (χ4v) is 6.56. The highest BCUT2D eigenvalue weighted by atomic mass is 16.3. The van der Waals surface area contributed by atoms with Gasteiger partial charge in [0.15, 0.2) is 0 Å². The number of rotatable bonds is 11. The van der Waals surface area contributed by atoms with Crippen molar-refractivity contribution in [2.24, 2.45) is 5.92 Å². The van der Waals surface area contributed by atoms with Crippen molar-refractivity contribution in [2.75, 3.05) is 26.2 Å². The van der Waals surface area contributed by atoms with Gasteiger partial charge in [-0.1, -0.05) is 60.7 Å². The number of nitrogens with one attached hydrogen (secondary N) is 2. The predicted molar refractivity (Wildman–Crippen MR) is 174 cm³/mol. The molecule has 4 N–H and O–H groups in total. The molecule has 2 aliphatic rings. The molecule has 9 nitrogen and oxygen atoms in total. The smallest absolute Gasteiger partial charge is 0.239 e. The first kappa shape index (κ1) is 32.8. The van der Waals surface area contributed by atoms with E-state index in [4.69, 9.17) is 0 Å². The van der Waals surface area contributed by atoms with Gasteiger partial charge in [0.05, 0.1) is 18.2 Å². The minimum Gasteiger partial charge on any atom is -0.392 e. The molecular weight excluding hydrogens is 566 g/mol. The molecule has 1 aromatic heterocycles. The normalized spacial score (nSPS) is 21.9. The van der Waals surface area contributed by atoms with E-state index in [9.17, 15) is 19.8 Å². The van der Waals surface area contributed by atoms with Crippen LogP contribution in [0.4, 0.5) is 0 Å². The summed E-state index contributed by atoms with van der Waals surface area (Å²) in [5.74, 6) is -0.781. The van der Waals surface area contributed by atoms with E-state index in [1.54, 1.807) is 6.20 Å². The average Bonchev–Trinajstić information content (AvgIpc) is 3.32. The standard InChI is InChI=1S/C36H47N5O4/c1-36(2,3)39-35(45)31-24-40(22-26-12-9-15-37-21-26)16-17-41(31)23-29(42)19-28(18-25-10-5-4-6-11-25)34(44)38-33-30-14-8-7-13-27(30)20-32(33)43/h4-15,21,28-29,31-33,42-43H,16-20,22-24H2,1-3H3,(H,38,44)(H,39,45)/t28?,29-,31-,32+,33-/m0/s1. The summed E-state index contributed by atoms with van der Waals surface area (Å²) in [6.07, 6.45) is 3.26. The fourth-order valence-electron chi connectivity index (χ4n) is 6.56. The van der Waals surface area contributed by atoms with Crippen molar-refractivity contribution in [1.29, 1.82) is 0 Å². The molecule has 5 rings (SSSR count). The number of amides is 2. The SMILES string of the molecule is CC(C)(C)NC(=O)[C@@H]1CN(Cc2cccnc2)CCN1C[C@@H](O)CC(Cc1ccccc1)C(=O)N[C@H]1c2ccccc2C[C@H]1O. The second-order valence-corrected chi connectivity index (χ2v) is 13.6. The number of carbonyl (C=O) groups excluding carboxylic acids is 2. The highest BCUT2D eigenvalue weighted by Crippen LogP contribution is 2.32. The van der Waals surface area contributed by atoms with Gasteiger partial charge in [-0.3, -0.25) is 24.4 Å². The number of β-amino-alcohol motifs (C(OH)–C–C–N with tert-alkyl or cyclic N) is 1. The largest absolute Gasteiger partial charge is 0.392 e. The van der Waals surface area contributed by atoms with Gasteiger partial charge in [-0.05, 0) is 61.9 Å². The number of nitrogens with zero attached hydrogens (tertiary/aromatic N) is 3. The molecule has 45 heavy (non-hydrogen) atoms. The quantitative estimate of drug-likeness (QED) is 0.263. The van der Waals surface area contributed by atoms with Crippen molar-refractivity contribution in [3.63, 3.8) is 0 Å². The Hall–Kier alpha value is -3.63. The molecule has 0 saturated carbocycles. The molecule has 5 atom stereocenters. The molecule has 240 valence electrons. The third kappa shape index (κ3) is 8.98. The number of aliphatic hydroxyl groups excluding tert-OH is 2. The van der Waals surface area contributed by atoms with Crippen molar-refractivity contribution in [3.8, 4) is 0 Å². The number of fused-ring (bicyclic) bond motifs is 1. The number of aliphatic hydroxyl groups is 2. The van der Waals surface area contributed by atoms with Crippen LogP contribution in [0.2, 0.25) is 0 Å². The lowest BCUT2D eigenvalue weighted by molar-refractivity contribution is -0.132. The third-order valence-corrected chi connectivity index (χ3v) is 8.70. The molecular formula is C36H47N5O4. The number of benzene rings is 2. The molecule has 1 saturated heterocycles. The summed E-state index contributed by atoms with van der Waals surface area (Å²) in [6, 6.07) is 20.6. The van der Waals surface area contributed by atoms with Crippen molar-refractivity contribution in [3.05, 3.63) is 101 Å². The molecule has 2 heterocycles. The van der Waals surface area contributed by atoms with Gasteiger partial charge in [0.25, 0.3) is 0 Å². The van der Waals surface area contributed by atoms with Crippen LogP contribution in [0.3, 0.4) is 0 Å². The number of aromatic nitrogens is 1. The van der Waals surface area contributed by atoms with Gasteiger partial charge in [-0.2, -0.15) is 0 Å². The predicted octanol–water partition coefficient (Wildman–Crippen LogP) is 2.87. The zero-order valence-corrected chi connectivity index (χ0v) is 26.6. The molecule has 1 fully saturated rings. The van der Waals surface area contributed by atoms with Gasteiger partial charge in [0.1, 0.15) is 6.04 Å². The summed E-state index contributed by atoms with van der Waals surface area (Å²) in [6.45, 7) is 8.74. The van der Waals surface area contributed by atoms with Crippen LogP contribution >= 0.6 is 0 Å². The monoisotopic (exact) mass is 613 g/mol. The van der Waals surface area contributed by atoms with Crippen LogP contribution in [0.15, 0.2) is 79.1 Å². The molecule has 9 heteroatoms. The Labute approximate surface area is 266 Å². The Morgan fingerprint density at radius 2 is 1.73 bits per heavy atom. The van der Waals surface area contributed by atoms with Crippen LogP contribution in [0.5, 0.6) is 0 Å². The molecule has 0 spiro atoms. The number of carbonyl (C=O) groups is 2. The Morgan fingerprint density at radius 3 is 2.47 bits per heavy atom. The Kier molecular flexibility index (Phi) is 10.7. The molecule has 2 amide bonds. The van der Waals surface area contributed by atoms with Crippen molar-refractivity contribution in [1.82, 2.24) is 25.4 Å². The topological polar surface area (TPSA) is 118 Å². The first-order chi connectivity index (χ1) is 21.6. The van der Waals surface area contributed by atoms with Crippen LogP contribution in [-0.4, -0.2) is 86.8 Å². The van der Waals surface area contributed by atoms with E-state index in [1.165, 1.54) is 0 Å². The molecule has 1 aliphatic carbocycles. The number of hydrogen-bond donors (Lipinski definition) is 4. The zero-order chi connectivity index (χ0) is 32.0. The van der Waals surface area contributed by atoms with E-state index in [0.717, 1.165) is 28.8 Å². The second kappa shape index (κ2) is 14.6. The van der Waals surface area contributed by atoms with Crippen molar-refractivity contribution >= 4 is 11.8 Å². The molecule has 0 radical (unpaired) electrons. The lowest BCUT2D eigenvalue weighted by atomic mass is 9.91. The van der Waals surface area contributed by atoms with Gasteiger partial charge in [0.2, 0.25) is 11.8 Å². The van der Waals surface area contributed by atoms with Crippen LogP contribution in [0.25, 0.3) is 0 Å². The summed E-state index contributed by atoms with van der Waals surface area (Å²) in [7, 11) is 0. The van der Waals surface area contributed by atoms with Gasteiger partial charge >= 0.3 is 0 Å². The van der Waals surface area contributed by atoms with Gasteiger partial charge in [-0.25, -0.2) is 0 Å². The van der Waals surface area contributed by atoms with E-state index in [-0.39, 0.29) is 24.8 Å². The number of hydrogen-bond acceptors (Lipinski definition) is 7. The Bertz CT molecular complexity index is 1410. The summed E-state index contributed by atoms with van der Waals surface area (Å²) >= 11 is 0. The summed E-state index contributed by atoms with van der Waals surface area (Å²) < 4.78 is 0. The fraction of sp³-hybridized carbons (Fsp3) is 0.472. The lowest BCUT2D eigenvalue weighted by Gasteiger charge is -2.42. The maximum atomic E-state index is 13.8. The summed E-state index contributed by atoms with van der Waals surface area (Å²) in [5.41, 5.74) is 3.68. The van der Waals surface area contributed by atoms with E-state index < -0.39 is 35.7 Å². The maximum Gasteiger partial charge on any atom is 0.239 e. The average molecular weight is 614 g/mol. The van der Waals surface area contributed by atoms with Crippen LogP contribution in [0, 0.1) is 5.92 Å². The minimum absolute atomic E-state index is 0.0712. The first-order valence-electron chi connectivity index (χ1n) is 16.0. The van der Waals surface area contributed by atoms with Crippen LogP contribution < -0.4 is 10.6 Å². The van der Waals surface area contributed by atoms with Gasteiger partial charge < -0.3 is 20.8 Å². The van der Waals surface area contributed by atoms with Gasteiger partial charge in [0, 0.05) is 63.0 Å². The van der Waals surface area contributed by atoms with E-state index in [2.05, 4.69) is 25.4 Å². The minimum atomic E-state index is -0.833. The first-order valence-corrected chi connectivity index (χ1v) is 16.0. The number of piperazine rings is 1. The van der Waals surface area contributed by atoms with Crippen molar-refractivity contribution in [2.45, 2.75) is 76.4 Å². The highest BCUT2D eigenvalue weighted by molar-refractivity contribution is 5.83. The molecule has 2 aromatic carbocycles. The molecule has 3 aromatic rings. The van der Waals surface area contributed by atoms with Crippen molar-refractivity contribution < 1.29 is 19.8 Å². The Morgan fingerprint density at radius 1 is 1.00 bits per heavy atom. The van der Waals surface area contributed by atoms with Gasteiger partial charge in [-0.15, -0.1) is 0 Å². The number of pyridine rings is 1. The van der Waals surface area contributed by atoms with E-state index in [0.29, 0.717) is 32.5 Å². The summed E-state index contributed by atoms with van der Waals surface area (Å²) in [5, 5.41) is 28.5. The van der Waals surface area contributed by atoms with E-state index in [1.807, 2.05) is 93.7 Å². The third-order valence-electron chi connectivity index (χ3n) is 8.70. The highest BCUT2D eigenvalue weighted by Gasteiger charge is 2.37. The lowest BCUT2D eigenvalue weighted by Crippen LogP contribution is -2.61. The van der Waals surface area contributed by atoms with Crippen LogP contribution in [0.1, 0.15) is 55.5 Å². The Balaban J connectivity index is 1.29. The van der Waals surface area contributed by atoms with E-state index >= 15 is 0 Å². The molecule has 1 unspecified atom stereocenters. The maximum absolute atomic E-state index is 13.8. The second-order valence-electron chi connectivity index (χ2n) is 13.6. The van der Waals surface area contributed by atoms with Crippen LogP contribution in [-0.2, 0) is 29.0 Å².